The fourth-order valence-corrected chi connectivity index (χ4v) is 1.88. The van der Waals surface area contributed by atoms with Gasteiger partial charge in [0.1, 0.15) is 5.75 Å². The molecule has 3 nitrogen and oxygen atoms in total. The Labute approximate surface area is 116 Å². The van der Waals surface area contributed by atoms with Crippen LogP contribution in [-0.2, 0) is 6.42 Å². The van der Waals surface area contributed by atoms with Crippen molar-refractivity contribution in [3.63, 3.8) is 0 Å². The van der Waals surface area contributed by atoms with Crippen molar-refractivity contribution in [2.24, 2.45) is 0 Å². The number of rotatable bonds is 3. The van der Waals surface area contributed by atoms with Gasteiger partial charge in [0.2, 0.25) is 0 Å². The molecule has 0 radical (unpaired) electrons. The lowest BCUT2D eigenvalue weighted by atomic mass is 10.1. The first kappa shape index (κ1) is 13.4. The van der Waals surface area contributed by atoms with E-state index in [1.165, 1.54) is 23.8 Å². The summed E-state index contributed by atoms with van der Waals surface area (Å²) >= 11 is 5.81. The van der Waals surface area contributed by atoms with Crippen LogP contribution in [0.4, 0.5) is 5.69 Å². The van der Waals surface area contributed by atoms with Crippen LogP contribution in [0.25, 0.3) is 0 Å². The van der Waals surface area contributed by atoms with Gasteiger partial charge in [-0.25, -0.2) is 0 Å². The van der Waals surface area contributed by atoms with Crippen LogP contribution >= 0.6 is 11.6 Å². The molecular weight excluding hydrogens is 262 g/mol. The third-order valence-electron chi connectivity index (χ3n) is 2.82. The molecule has 0 saturated carbocycles. The minimum Gasteiger partial charge on any atom is -0.507 e. The van der Waals surface area contributed by atoms with Gasteiger partial charge in [0.05, 0.1) is 5.56 Å². The molecule has 0 aromatic heterocycles. The summed E-state index contributed by atoms with van der Waals surface area (Å²) in [6.07, 6.45) is 0.948. The van der Waals surface area contributed by atoms with E-state index >= 15 is 0 Å². The van der Waals surface area contributed by atoms with E-state index in [1.54, 1.807) is 0 Å². The zero-order valence-electron chi connectivity index (χ0n) is 10.5. The Kier molecular flexibility index (Phi) is 4.07. The molecule has 98 valence electrons. The van der Waals surface area contributed by atoms with Gasteiger partial charge in [-0.3, -0.25) is 4.79 Å². The third-order valence-corrected chi connectivity index (χ3v) is 3.06. The normalized spacial score (nSPS) is 10.2. The number of aromatic hydroxyl groups is 1. The summed E-state index contributed by atoms with van der Waals surface area (Å²) in [5.74, 6) is -0.476. The number of hydrogen-bond acceptors (Lipinski definition) is 2. The highest BCUT2D eigenvalue weighted by atomic mass is 35.5. The summed E-state index contributed by atoms with van der Waals surface area (Å²) in [7, 11) is 0. The van der Waals surface area contributed by atoms with Gasteiger partial charge in [0, 0.05) is 10.7 Å². The van der Waals surface area contributed by atoms with Gasteiger partial charge in [0.25, 0.3) is 5.91 Å². The number of carbonyl (C=O) groups excluding carboxylic acids is 1. The van der Waals surface area contributed by atoms with Crippen LogP contribution in [0.15, 0.2) is 42.5 Å². The molecule has 1 amide bonds. The van der Waals surface area contributed by atoms with Crippen LogP contribution in [0.5, 0.6) is 5.75 Å². The number of hydrogen-bond donors (Lipinski definition) is 2. The quantitative estimate of drug-likeness (QED) is 0.894. The Morgan fingerprint density at radius 2 is 1.89 bits per heavy atom. The molecule has 0 bridgehead atoms. The SMILES string of the molecule is CCc1ccc(NC(=O)c2cc(Cl)ccc2O)cc1. The monoisotopic (exact) mass is 275 g/mol. The molecular formula is C15H14ClNO2. The summed E-state index contributed by atoms with van der Waals surface area (Å²) in [5, 5.41) is 12.8. The van der Waals surface area contributed by atoms with E-state index in [9.17, 15) is 9.90 Å². The topological polar surface area (TPSA) is 49.3 Å². The van der Waals surface area contributed by atoms with Crippen molar-refractivity contribution in [3.8, 4) is 5.75 Å². The molecule has 0 aliphatic carbocycles. The van der Waals surface area contributed by atoms with Crippen molar-refractivity contribution in [3.05, 3.63) is 58.6 Å². The van der Waals surface area contributed by atoms with Gasteiger partial charge in [-0.05, 0) is 42.3 Å². The van der Waals surface area contributed by atoms with Crippen LogP contribution in [-0.4, -0.2) is 11.0 Å². The molecule has 19 heavy (non-hydrogen) atoms. The highest BCUT2D eigenvalue weighted by Crippen LogP contribution is 2.22. The average Bonchev–Trinajstić information content (AvgIpc) is 2.42. The fraction of sp³-hybridized carbons (Fsp3) is 0.133. The van der Waals surface area contributed by atoms with Gasteiger partial charge in [0.15, 0.2) is 0 Å². The van der Waals surface area contributed by atoms with E-state index in [2.05, 4.69) is 12.2 Å². The first-order valence-electron chi connectivity index (χ1n) is 5.99. The summed E-state index contributed by atoms with van der Waals surface area (Å²) < 4.78 is 0. The number of nitrogens with one attached hydrogen (secondary N) is 1. The Balaban J connectivity index is 2.18. The van der Waals surface area contributed by atoms with E-state index in [-0.39, 0.29) is 17.2 Å². The summed E-state index contributed by atoms with van der Waals surface area (Å²) in [5.41, 5.74) is 2.04. The Morgan fingerprint density at radius 1 is 1.21 bits per heavy atom. The van der Waals surface area contributed by atoms with Crippen molar-refractivity contribution in [2.45, 2.75) is 13.3 Å². The molecule has 0 fully saturated rings. The second-order valence-electron chi connectivity index (χ2n) is 4.17. The smallest absolute Gasteiger partial charge is 0.259 e. The van der Waals surface area contributed by atoms with Gasteiger partial charge >= 0.3 is 0 Å². The molecule has 0 aliphatic rings. The summed E-state index contributed by atoms with van der Waals surface area (Å²) in [4.78, 5) is 12.0. The zero-order chi connectivity index (χ0) is 13.8. The predicted octanol–water partition coefficient (Wildman–Crippen LogP) is 3.86. The van der Waals surface area contributed by atoms with Gasteiger partial charge < -0.3 is 10.4 Å². The Bertz CT molecular complexity index is 594. The number of anilines is 1. The second kappa shape index (κ2) is 5.76. The minimum absolute atomic E-state index is 0.0907. The van der Waals surface area contributed by atoms with Gasteiger partial charge in [-0.15, -0.1) is 0 Å². The van der Waals surface area contributed by atoms with E-state index in [1.807, 2.05) is 24.3 Å². The fourth-order valence-electron chi connectivity index (χ4n) is 1.71. The van der Waals surface area contributed by atoms with Crippen LogP contribution in [0.3, 0.4) is 0 Å². The molecule has 2 aromatic rings. The Morgan fingerprint density at radius 3 is 2.53 bits per heavy atom. The van der Waals surface area contributed by atoms with Gasteiger partial charge in [-0.1, -0.05) is 30.7 Å². The third kappa shape index (κ3) is 3.26. The van der Waals surface area contributed by atoms with Crippen molar-refractivity contribution < 1.29 is 9.90 Å². The second-order valence-corrected chi connectivity index (χ2v) is 4.60. The molecule has 0 heterocycles. The molecule has 2 aromatic carbocycles. The highest BCUT2D eigenvalue weighted by molar-refractivity contribution is 6.31. The summed E-state index contributed by atoms with van der Waals surface area (Å²) in [6.45, 7) is 2.07. The number of halogens is 1. The van der Waals surface area contributed by atoms with Crippen LogP contribution in [0.2, 0.25) is 5.02 Å². The summed E-state index contributed by atoms with van der Waals surface area (Å²) in [6, 6.07) is 11.9. The Hall–Kier alpha value is -2.00. The predicted molar refractivity (Wildman–Crippen MR) is 76.9 cm³/mol. The first-order chi connectivity index (χ1) is 9.10. The van der Waals surface area contributed by atoms with E-state index in [0.29, 0.717) is 10.7 Å². The minimum atomic E-state index is -0.385. The van der Waals surface area contributed by atoms with E-state index in [4.69, 9.17) is 11.6 Å². The molecule has 0 saturated heterocycles. The average molecular weight is 276 g/mol. The number of aryl methyl sites for hydroxylation is 1. The number of phenols is 1. The van der Waals surface area contributed by atoms with Crippen molar-refractivity contribution >= 4 is 23.2 Å². The molecule has 0 unspecified atom stereocenters. The lowest BCUT2D eigenvalue weighted by molar-refractivity contribution is 0.102. The molecule has 2 N–H and O–H groups in total. The zero-order valence-corrected chi connectivity index (χ0v) is 11.2. The van der Waals surface area contributed by atoms with E-state index < -0.39 is 0 Å². The number of phenolic OH excluding ortho intramolecular Hbond substituents is 1. The first-order valence-corrected chi connectivity index (χ1v) is 6.36. The number of amides is 1. The molecule has 0 atom stereocenters. The lowest BCUT2D eigenvalue weighted by Gasteiger charge is -2.07. The van der Waals surface area contributed by atoms with Crippen LogP contribution in [0, 0.1) is 0 Å². The highest BCUT2D eigenvalue weighted by Gasteiger charge is 2.11. The maximum atomic E-state index is 12.0. The van der Waals surface area contributed by atoms with Crippen molar-refractivity contribution in [2.75, 3.05) is 5.32 Å². The van der Waals surface area contributed by atoms with Crippen LogP contribution < -0.4 is 5.32 Å². The van der Waals surface area contributed by atoms with E-state index in [0.717, 1.165) is 6.42 Å². The number of benzene rings is 2. The maximum absolute atomic E-state index is 12.0. The van der Waals surface area contributed by atoms with Crippen molar-refractivity contribution in [1.29, 1.82) is 0 Å². The molecule has 0 spiro atoms. The van der Waals surface area contributed by atoms with Gasteiger partial charge in [-0.2, -0.15) is 0 Å². The molecule has 0 aliphatic heterocycles. The molecule has 2 rings (SSSR count). The maximum Gasteiger partial charge on any atom is 0.259 e. The molecule has 4 heteroatoms. The van der Waals surface area contributed by atoms with Crippen molar-refractivity contribution in [1.82, 2.24) is 0 Å². The van der Waals surface area contributed by atoms with Crippen LogP contribution in [0.1, 0.15) is 22.8 Å². The lowest BCUT2D eigenvalue weighted by Crippen LogP contribution is -2.12. The largest absolute Gasteiger partial charge is 0.507 e. The standard InChI is InChI=1S/C15H14ClNO2/c1-2-10-3-6-12(7-4-10)17-15(19)13-9-11(16)5-8-14(13)18/h3-9,18H,2H2,1H3,(H,17,19). The number of carbonyl (C=O) groups is 1.